The van der Waals surface area contributed by atoms with Crippen LogP contribution in [0.1, 0.15) is 49.0 Å². The van der Waals surface area contributed by atoms with E-state index in [1.807, 2.05) is 31.2 Å². The molecule has 0 heterocycles. The minimum Gasteiger partial charge on any atom is -0.493 e. The van der Waals surface area contributed by atoms with E-state index in [-0.39, 0.29) is 6.61 Å². The SMILES string of the molecule is CCOc1ccccc1C(=O)NNC(=O)COc1ccc(C(C)CC)cc1. The van der Waals surface area contributed by atoms with E-state index in [0.717, 1.165) is 6.42 Å². The summed E-state index contributed by atoms with van der Waals surface area (Å²) in [5.74, 6) is 0.639. The minimum atomic E-state index is -0.455. The molecule has 144 valence electrons. The summed E-state index contributed by atoms with van der Waals surface area (Å²) in [5.41, 5.74) is 6.29. The molecule has 2 aromatic rings. The van der Waals surface area contributed by atoms with Crippen LogP contribution >= 0.6 is 0 Å². The molecule has 0 bridgehead atoms. The first-order valence-corrected chi connectivity index (χ1v) is 9.08. The van der Waals surface area contributed by atoms with Crippen LogP contribution in [-0.4, -0.2) is 25.0 Å². The van der Waals surface area contributed by atoms with Gasteiger partial charge in [-0.3, -0.25) is 20.4 Å². The third-order valence-electron chi connectivity index (χ3n) is 4.18. The minimum absolute atomic E-state index is 0.198. The van der Waals surface area contributed by atoms with Crippen molar-refractivity contribution in [2.45, 2.75) is 33.1 Å². The largest absolute Gasteiger partial charge is 0.493 e. The second-order valence-corrected chi connectivity index (χ2v) is 6.10. The number of benzene rings is 2. The number of rotatable bonds is 8. The van der Waals surface area contributed by atoms with Crippen molar-refractivity contribution < 1.29 is 19.1 Å². The van der Waals surface area contributed by atoms with Crippen molar-refractivity contribution in [1.82, 2.24) is 10.9 Å². The van der Waals surface area contributed by atoms with E-state index in [4.69, 9.17) is 9.47 Å². The molecule has 2 aromatic carbocycles. The lowest BCUT2D eigenvalue weighted by Gasteiger charge is -2.12. The lowest BCUT2D eigenvalue weighted by molar-refractivity contribution is -0.123. The number of carbonyl (C=O) groups is 2. The number of hydrogen-bond donors (Lipinski definition) is 2. The van der Waals surface area contributed by atoms with Gasteiger partial charge in [0.2, 0.25) is 0 Å². The Bertz CT molecular complexity index is 759. The average Bonchev–Trinajstić information content (AvgIpc) is 2.71. The normalized spacial score (nSPS) is 11.4. The number of hydrazine groups is 1. The highest BCUT2D eigenvalue weighted by Gasteiger charge is 2.13. The zero-order chi connectivity index (χ0) is 19.6. The molecule has 0 aliphatic heterocycles. The molecule has 0 fully saturated rings. The highest BCUT2D eigenvalue weighted by molar-refractivity contribution is 5.97. The summed E-state index contributed by atoms with van der Waals surface area (Å²) in [6, 6.07) is 14.5. The molecular weight excluding hydrogens is 344 g/mol. The highest BCUT2D eigenvalue weighted by atomic mass is 16.5. The van der Waals surface area contributed by atoms with Crippen LogP contribution in [0.25, 0.3) is 0 Å². The smallest absolute Gasteiger partial charge is 0.276 e. The Labute approximate surface area is 159 Å². The molecule has 2 amide bonds. The molecular formula is C21H26N2O4. The van der Waals surface area contributed by atoms with Gasteiger partial charge in [0.25, 0.3) is 11.8 Å². The number of hydrogen-bond acceptors (Lipinski definition) is 4. The van der Waals surface area contributed by atoms with Gasteiger partial charge in [-0.1, -0.05) is 38.1 Å². The van der Waals surface area contributed by atoms with Gasteiger partial charge >= 0.3 is 0 Å². The zero-order valence-electron chi connectivity index (χ0n) is 16.0. The van der Waals surface area contributed by atoms with Crippen LogP contribution in [0.5, 0.6) is 11.5 Å². The molecule has 2 rings (SSSR count). The fourth-order valence-electron chi connectivity index (χ4n) is 2.44. The predicted molar refractivity (Wildman–Crippen MR) is 104 cm³/mol. The monoisotopic (exact) mass is 370 g/mol. The first-order chi connectivity index (χ1) is 13.0. The van der Waals surface area contributed by atoms with E-state index in [1.54, 1.807) is 24.3 Å². The maximum Gasteiger partial charge on any atom is 0.276 e. The predicted octanol–water partition coefficient (Wildman–Crippen LogP) is 3.44. The van der Waals surface area contributed by atoms with Crippen molar-refractivity contribution in [2.75, 3.05) is 13.2 Å². The molecule has 1 atom stereocenters. The number of carbonyl (C=O) groups excluding carboxylic acids is 2. The van der Waals surface area contributed by atoms with E-state index in [1.165, 1.54) is 5.56 Å². The van der Waals surface area contributed by atoms with Crippen molar-refractivity contribution in [3.8, 4) is 11.5 Å². The zero-order valence-corrected chi connectivity index (χ0v) is 16.0. The maximum atomic E-state index is 12.2. The summed E-state index contributed by atoms with van der Waals surface area (Å²) in [6.07, 6.45) is 1.06. The van der Waals surface area contributed by atoms with Crippen LogP contribution in [0.15, 0.2) is 48.5 Å². The third-order valence-corrected chi connectivity index (χ3v) is 4.18. The summed E-state index contributed by atoms with van der Waals surface area (Å²) in [5, 5.41) is 0. The Morgan fingerprint density at radius 3 is 2.33 bits per heavy atom. The molecule has 0 aliphatic carbocycles. The van der Waals surface area contributed by atoms with Gasteiger partial charge in [0, 0.05) is 0 Å². The first-order valence-electron chi connectivity index (χ1n) is 9.08. The van der Waals surface area contributed by atoms with Crippen molar-refractivity contribution in [2.24, 2.45) is 0 Å². The second-order valence-electron chi connectivity index (χ2n) is 6.10. The average molecular weight is 370 g/mol. The topological polar surface area (TPSA) is 76.7 Å². The van der Waals surface area contributed by atoms with Gasteiger partial charge in [-0.25, -0.2) is 0 Å². The van der Waals surface area contributed by atoms with Gasteiger partial charge in [0.15, 0.2) is 6.61 Å². The molecule has 0 aromatic heterocycles. The number of amides is 2. The van der Waals surface area contributed by atoms with E-state index < -0.39 is 11.8 Å². The van der Waals surface area contributed by atoms with Crippen LogP contribution in [0.2, 0.25) is 0 Å². The lowest BCUT2D eigenvalue weighted by Crippen LogP contribution is -2.43. The fourth-order valence-corrected chi connectivity index (χ4v) is 2.44. The van der Waals surface area contributed by atoms with E-state index >= 15 is 0 Å². The van der Waals surface area contributed by atoms with Crippen LogP contribution in [0.4, 0.5) is 0 Å². The molecule has 0 saturated heterocycles. The molecule has 1 unspecified atom stereocenters. The standard InChI is InChI=1S/C21H26N2O4/c1-4-15(3)16-10-12-17(13-11-16)27-14-20(24)22-23-21(25)18-8-6-7-9-19(18)26-5-2/h6-13,15H,4-5,14H2,1-3H3,(H,22,24)(H,23,25). The van der Waals surface area contributed by atoms with Crippen molar-refractivity contribution in [1.29, 1.82) is 0 Å². The number of para-hydroxylation sites is 1. The Morgan fingerprint density at radius 1 is 0.963 bits per heavy atom. The first kappa shape index (κ1) is 20.3. The molecule has 2 N–H and O–H groups in total. The van der Waals surface area contributed by atoms with Crippen molar-refractivity contribution >= 4 is 11.8 Å². The lowest BCUT2D eigenvalue weighted by atomic mass is 9.99. The van der Waals surface area contributed by atoms with Gasteiger partial charge in [-0.05, 0) is 49.1 Å². The molecule has 0 aliphatic rings. The molecule has 0 saturated carbocycles. The maximum absolute atomic E-state index is 12.2. The molecule has 0 spiro atoms. The van der Waals surface area contributed by atoms with Crippen molar-refractivity contribution in [3.05, 3.63) is 59.7 Å². The van der Waals surface area contributed by atoms with Crippen LogP contribution < -0.4 is 20.3 Å². The molecule has 27 heavy (non-hydrogen) atoms. The molecule has 6 nitrogen and oxygen atoms in total. The number of nitrogens with one attached hydrogen (secondary N) is 2. The van der Waals surface area contributed by atoms with Gasteiger partial charge in [-0.15, -0.1) is 0 Å². The number of ether oxygens (including phenoxy) is 2. The van der Waals surface area contributed by atoms with E-state index in [2.05, 4.69) is 24.7 Å². The Balaban J connectivity index is 1.82. The quantitative estimate of drug-likeness (QED) is 0.698. The van der Waals surface area contributed by atoms with Crippen LogP contribution in [0, 0.1) is 0 Å². The van der Waals surface area contributed by atoms with Crippen LogP contribution in [0.3, 0.4) is 0 Å². The summed E-state index contributed by atoms with van der Waals surface area (Å²) in [7, 11) is 0. The van der Waals surface area contributed by atoms with Crippen LogP contribution in [-0.2, 0) is 4.79 Å². The summed E-state index contributed by atoms with van der Waals surface area (Å²) in [4.78, 5) is 24.1. The summed E-state index contributed by atoms with van der Waals surface area (Å²) >= 11 is 0. The highest BCUT2D eigenvalue weighted by Crippen LogP contribution is 2.21. The Hall–Kier alpha value is -3.02. The third kappa shape index (κ3) is 6.02. The van der Waals surface area contributed by atoms with E-state index in [0.29, 0.717) is 29.6 Å². The fraction of sp³-hybridized carbons (Fsp3) is 0.333. The Kier molecular flexibility index (Phi) is 7.67. The van der Waals surface area contributed by atoms with Gasteiger partial charge < -0.3 is 9.47 Å². The second kappa shape index (κ2) is 10.2. The summed E-state index contributed by atoms with van der Waals surface area (Å²) in [6.45, 7) is 6.38. The van der Waals surface area contributed by atoms with Crippen molar-refractivity contribution in [3.63, 3.8) is 0 Å². The van der Waals surface area contributed by atoms with E-state index in [9.17, 15) is 9.59 Å². The Morgan fingerprint density at radius 2 is 1.67 bits per heavy atom. The van der Waals surface area contributed by atoms with Gasteiger partial charge in [0.1, 0.15) is 11.5 Å². The molecule has 0 radical (unpaired) electrons. The van der Waals surface area contributed by atoms with Gasteiger partial charge in [-0.2, -0.15) is 0 Å². The van der Waals surface area contributed by atoms with Gasteiger partial charge in [0.05, 0.1) is 12.2 Å². The molecule has 6 heteroatoms. The summed E-state index contributed by atoms with van der Waals surface area (Å²) < 4.78 is 10.9.